The third-order valence-electron chi connectivity index (χ3n) is 2.97. The number of fused-ring (bicyclic) bond motifs is 1. The molecule has 0 saturated carbocycles. The van der Waals surface area contributed by atoms with Crippen LogP contribution in [0.15, 0.2) is 18.2 Å². The first kappa shape index (κ1) is 13.6. The Morgan fingerprint density at radius 1 is 1.24 bits per heavy atom. The largest absolute Gasteiger partial charge is 0.477 e. The van der Waals surface area contributed by atoms with E-state index in [0.29, 0.717) is 15.9 Å². The molecule has 108 valence electrons. The predicted molar refractivity (Wildman–Crippen MR) is 70.5 cm³/mol. The number of halogens is 3. The van der Waals surface area contributed by atoms with Gasteiger partial charge in [-0.1, -0.05) is 0 Å². The molecule has 0 aliphatic carbocycles. The zero-order valence-electron chi connectivity index (χ0n) is 10.5. The minimum Gasteiger partial charge on any atom is -0.477 e. The van der Waals surface area contributed by atoms with Crippen molar-refractivity contribution in [1.82, 2.24) is 9.78 Å². The molecule has 0 amide bonds. The van der Waals surface area contributed by atoms with Crippen molar-refractivity contribution in [2.24, 2.45) is 0 Å². The molecule has 0 unspecified atom stereocenters. The lowest BCUT2D eigenvalue weighted by Crippen LogP contribution is -2.00. The van der Waals surface area contributed by atoms with Gasteiger partial charge in [0.15, 0.2) is 17.5 Å². The Balaban J connectivity index is 2.27. The van der Waals surface area contributed by atoms with Gasteiger partial charge in [-0.25, -0.2) is 22.6 Å². The molecule has 0 aliphatic heterocycles. The zero-order valence-corrected chi connectivity index (χ0v) is 11.3. The van der Waals surface area contributed by atoms with Crippen LogP contribution in [0, 0.1) is 24.4 Å². The monoisotopic (exact) mass is 312 g/mol. The summed E-state index contributed by atoms with van der Waals surface area (Å²) in [7, 11) is 0. The van der Waals surface area contributed by atoms with E-state index in [0.717, 1.165) is 23.5 Å². The molecule has 21 heavy (non-hydrogen) atoms. The molecule has 0 aliphatic rings. The summed E-state index contributed by atoms with van der Waals surface area (Å²) in [6.45, 7) is 1.65. The van der Waals surface area contributed by atoms with Crippen LogP contribution < -0.4 is 0 Å². The van der Waals surface area contributed by atoms with Crippen LogP contribution in [0.3, 0.4) is 0 Å². The third kappa shape index (κ3) is 2.07. The summed E-state index contributed by atoms with van der Waals surface area (Å²) in [6.07, 6.45) is 0. The smallest absolute Gasteiger partial charge is 0.345 e. The van der Waals surface area contributed by atoms with Gasteiger partial charge in [-0.15, -0.1) is 11.3 Å². The van der Waals surface area contributed by atoms with Gasteiger partial charge in [0.25, 0.3) is 0 Å². The molecule has 2 aromatic heterocycles. The van der Waals surface area contributed by atoms with Crippen molar-refractivity contribution in [3.05, 3.63) is 46.2 Å². The van der Waals surface area contributed by atoms with E-state index >= 15 is 0 Å². The molecule has 4 nitrogen and oxygen atoms in total. The molecule has 1 aromatic carbocycles. The van der Waals surface area contributed by atoms with Gasteiger partial charge in [0.05, 0.1) is 11.4 Å². The number of carboxylic acid groups (broad SMARTS) is 1. The number of aryl methyl sites for hydroxylation is 1. The zero-order chi connectivity index (χ0) is 15.3. The van der Waals surface area contributed by atoms with Crippen LogP contribution in [-0.4, -0.2) is 20.9 Å². The maximum atomic E-state index is 13.3. The average molecular weight is 312 g/mol. The minimum absolute atomic E-state index is 0.0108. The van der Waals surface area contributed by atoms with E-state index < -0.39 is 23.4 Å². The Hall–Kier alpha value is -2.35. The van der Waals surface area contributed by atoms with E-state index in [2.05, 4.69) is 5.10 Å². The molecule has 0 radical (unpaired) electrons. The Labute approximate surface area is 120 Å². The van der Waals surface area contributed by atoms with E-state index in [9.17, 15) is 18.0 Å². The fourth-order valence-corrected chi connectivity index (χ4v) is 3.01. The third-order valence-corrected chi connectivity index (χ3v) is 4.07. The minimum atomic E-state index is -1.56. The molecule has 0 saturated heterocycles. The van der Waals surface area contributed by atoms with E-state index in [1.54, 1.807) is 6.92 Å². The maximum absolute atomic E-state index is 13.3. The van der Waals surface area contributed by atoms with Crippen molar-refractivity contribution in [1.29, 1.82) is 0 Å². The van der Waals surface area contributed by atoms with Gasteiger partial charge in [-0.3, -0.25) is 0 Å². The Bertz CT molecular complexity index is 862. The highest BCUT2D eigenvalue weighted by molar-refractivity contribution is 7.20. The normalized spacial score (nSPS) is 11.2. The first-order chi connectivity index (χ1) is 9.88. The maximum Gasteiger partial charge on any atom is 0.345 e. The summed E-state index contributed by atoms with van der Waals surface area (Å²) in [5.41, 5.74) is 0.502. The highest BCUT2D eigenvalue weighted by atomic mass is 32.1. The van der Waals surface area contributed by atoms with Gasteiger partial charge in [-0.05, 0) is 13.0 Å². The molecule has 0 spiro atoms. The second-order valence-electron chi connectivity index (χ2n) is 4.36. The van der Waals surface area contributed by atoms with Crippen LogP contribution in [0.2, 0.25) is 0 Å². The molecule has 0 atom stereocenters. The number of carbonyl (C=O) groups is 1. The summed E-state index contributed by atoms with van der Waals surface area (Å²) in [5.74, 6) is -5.32. The second kappa shape index (κ2) is 4.59. The molecule has 3 rings (SSSR count). The number of nitrogens with zero attached hydrogens (tertiary/aromatic N) is 2. The van der Waals surface area contributed by atoms with Gasteiger partial charge in [0.1, 0.15) is 9.71 Å². The molecule has 0 fully saturated rings. The summed E-state index contributed by atoms with van der Waals surface area (Å²) in [4.78, 5) is 11.5. The first-order valence-corrected chi connectivity index (χ1v) is 6.57. The molecule has 1 N–H and O–H groups in total. The van der Waals surface area contributed by atoms with Crippen LogP contribution in [0.25, 0.3) is 15.9 Å². The topological polar surface area (TPSA) is 55.1 Å². The van der Waals surface area contributed by atoms with Gasteiger partial charge in [0, 0.05) is 17.5 Å². The number of aromatic carboxylic acids is 1. The van der Waals surface area contributed by atoms with Crippen LogP contribution in [-0.2, 0) is 0 Å². The van der Waals surface area contributed by atoms with Gasteiger partial charge in [0.2, 0.25) is 0 Å². The van der Waals surface area contributed by atoms with Crippen molar-refractivity contribution in [2.75, 3.05) is 0 Å². The van der Waals surface area contributed by atoms with Crippen LogP contribution >= 0.6 is 11.3 Å². The molecule has 0 bridgehead atoms. The summed E-state index contributed by atoms with van der Waals surface area (Å²) in [5, 5.41) is 13.7. The summed E-state index contributed by atoms with van der Waals surface area (Å²) < 4.78 is 40.8. The molecule has 8 heteroatoms. The number of hydrogen-bond donors (Lipinski definition) is 1. The standard InChI is InChI=1S/C13H7F3N2O2S/c1-5-7-4-10(13(19)20)21-12(7)18(17-5)6-2-8(14)11(16)9(15)3-6/h2-4H,1H3,(H,19,20). The van der Waals surface area contributed by atoms with Gasteiger partial charge >= 0.3 is 5.97 Å². The lowest BCUT2D eigenvalue weighted by molar-refractivity contribution is 0.0702. The van der Waals surface area contributed by atoms with Crippen LogP contribution in [0.4, 0.5) is 13.2 Å². The fraction of sp³-hybridized carbons (Fsp3) is 0.0769. The van der Waals surface area contributed by atoms with Crippen molar-refractivity contribution in [3.8, 4) is 5.69 Å². The molecule has 2 heterocycles. The Kier molecular flexibility index (Phi) is 2.98. The van der Waals surface area contributed by atoms with Gasteiger partial charge in [-0.2, -0.15) is 5.10 Å². The fourth-order valence-electron chi connectivity index (χ4n) is 1.99. The number of rotatable bonds is 2. The SMILES string of the molecule is Cc1nn(-c2cc(F)c(F)c(F)c2)c2sc(C(=O)O)cc12. The number of hydrogen-bond acceptors (Lipinski definition) is 3. The predicted octanol–water partition coefficient (Wildman–Crippen LogP) is 3.51. The number of carboxylic acids is 1. The van der Waals surface area contributed by atoms with E-state index in [4.69, 9.17) is 5.11 Å². The second-order valence-corrected chi connectivity index (χ2v) is 5.39. The molecule has 3 aromatic rings. The summed E-state index contributed by atoms with van der Waals surface area (Å²) in [6, 6.07) is 3.06. The summed E-state index contributed by atoms with van der Waals surface area (Å²) >= 11 is 0.926. The van der Waals surface area contributed by atoms with Crippen molar-refractivity contribution in [2.45, 2.75) is 6.92 Å². The lowest BCUT2D eigenvalue weighted by Gasteiger charge is -2.04. The van der Waals surface area contributed by atoms with Crippen LogP contribution in [0.5, 0.6) is 0 Å². The molecular formula is C13H7F3N2O2S. The van der Waals surface area contributed by atoms with Crippen molar-refractivity contribution < 1.29 is 23.1 Å². The number of benzene rings is 1. The first-order valence-electron chi connectivity index (χ1n) is 5.76. The van der Waals surface area contributed by atoms with E-state index in [1.165, 1.54) is 10.7 Å². The average Bonchev–Trinajstić information content (AvgIpc) is 2.97. The quantitative estimate of drug-likeness (QED) is 0.737. The lowest BCUT2D eigenvalue weighted by atomic mass is 10.3. The van der Waals surface area contributed by atoms with Crippen molar-refractivity contribution >= 4 is 27.5 Å². The van der Waals surface area contributed by atoms with E-state index in [-0.39, 0.29) is 10.6 Å². The van der Waals surface area contributed by atoms with Crippen LogP contribution in [0.1, 0.15) is 15.4 Å². The highest BCUT2D eigenvalue weighted by Gasteiger charge is 2.18. The Morgan fingerprint density at radius 3 is 2.43 bits per heavy atom. The van der Waals surface area contributed by atoms with Gasteiger partial charge < -0.3 is 5.11 Å². The number of aromatic nitrogens is 2. The molecular weight excluding hydrogens is 305 g/mol. The number of thiophene rings is 1. The van der Waals surface area contributed by atoms with Crippen molar-refractivity contribution in [3.63, 3.8) is 0 Å². The Morgan fingerprint density at radius 2 is 1.86 bits per heavy atom. The highest BCUT2D eigenvalue weighted by Crippen LogP contribution is 2.31. The van der Waals surface area contributed by atoms with E-state index in [1.807, 2.05) is 0 Å².